The molecule has 0 saturated heterocycles. The molecule has 4 rings (SSSR count). The summed E-state index contributed by atoms with van der Waals surface area (Å²) in [6.07, 6.45) is 0.905. The van der Waals surface area contributed by atoms with Gasteiger partial charge in [0.05, 0.1) is 31.7 Å². The van der Waals surface area contributed by atoms with Crippen molar-refractivity contribution in [3.8, 4) is 11.5 Å². The zero-order chi connectivity index (χ0) is 21.8. The molecule has 3 aromatic carbocycles. The fraction of sp³-hybridized carbons (Fsp3) is 0.296. The van der Waals surface area contributed by atoms with Crippen LogP contribution in [-0.4, -0.2) is 39.1 Å². The van der Waals surface area contributed by atoms with Crippen molar-refractivity contribution in [2.24, 2.45) is 4.99 Å². The first-order valence-corrected chi connectivity index (χ1v) is 10.8. The van der Waals surface area contributed by atoms with Crippen molar-refractivity contribution in [2.75, 3.05) is 32.2 Å². The van der Waals surface area contributed by atoms with Crippen LogP contribution in [0.2, 0.25) is 0 Å². The van der Waals surface area contributed by atoms with Gasteiger partial charge in [0.25, 0.3) is 0 Å². The van der Waals surface area contributed by atoms with E-state index in [2.05, 4.69) is 79.4 Å². The Morgan fingerprint density at radius 3 is 2.29 bits per heavy atom. The molecule has 0 N–H and O–H groups in total. The molecule has 4 nitrogen and oxygen atoms in total. The van der Waals surface area contributed by atoms with Crippen LogP contribution in [-0.2, 0) is 6.42 Å². The Labute approximate surface area is 185 Å². The Balaban J connectivity index is 1.87. The molecule has 0 bridgehead atoms. The van der Waals surface area contributed by atoms with Crippen molar-refractivity contribution in [1.82, 2.24) is 0 Å². The van der Waals surface area contributed by atoms with E-state index in [4.69, 9.17) is 14.5 Å². The van der Waals surface area contributed by atoms with Crippen molar-refractivity contribution >= 4 is 11.4 Å². The molecule has 1 aliphatic heterocycles. The fourth-order valence-electron chi connectivity index (χ4n) is 4.29. The third kappa shape index (κ3) is 4.29. The van der Waals surface area contributed by atoms with Gasteiger partial charge in [-0.15, -0.1) is 0 Å². The summed E-state index contributed by atoms with van der Waals surface area (Å²) in [5.41, 5.74) is 7.00. The van der Waals surface area contributed by atoms with Gasteiger partial charge in [0.1, 0.15) is 0 Å². The second-order valence-corrected chi connectivity index (χ2v) is 7.89. The number of hydrogen-bond acceptors (Lipinski definition) is 4. The van der Waals surface area contributed by atoms with Crippen molar-refractivity contribution in [3.63, 3.8) is 0 Å². The first kappa shape index (κ1) is 21.0. The summed E-state index contributed by atoms with van der Waals surface area (Å²) < 4.78 is 11.3. The summed E-state index contributed by atoms with van der Waals surface area (Å²) in [6.45, 7) is 6.11. The number of anilines is 1. The van der Waals surface area contributed by atoms with Crippen LogP contribution in [0.25, 0.3) is 0 Å². The first-order valence-electron chi connectivity index (χ1n) is 10.8. The maximum absolute atomic E-state index is 5.64. The van der Waals surface area contributed by atoms with Gasteiger partial charge in [-0.1, -0.05) is 54.6 Å². The lowest BCUT2D eigenvalue weighted by molar-refractivity contribution is 0.355. The van der Waals surface area contributed by atoms with Crippen LogP contribution >= 0.6 is 0 Å². The number of aliphatic imine (C=N–C) groups is 1. The molecule has 0 aliphatic carbocycles. The summed E-state index contributed by atoms with van der Waals surface area (Å²) in [5.74, 6) is 1.46. The highest BCUT2D eigenvalue weighted by Gasteiger charge is 2.26. The van der Waals surface area contributed by atoms with Crippen molar-refractivity contribution in [3.05, 3.63) is 89.0 Å². The Kier molecular flexibility index (Phi) is 6.26. The SMILES string of the molecule is CCN1CC(Cc2ccccc2C)N=C(c2ccccc2)c2cc(OC)c(OC)cc21. The van der Waals surface area contributed by atoms with Gasteiger partial charge in [0.2, 0.25) is 0 Å². The first-order chi connectivity index (χ1) is 15.1. The molecule has 0 fully saturated rings. The summed E-state index contributed by atoms with van der Waals surface area (Å²) in [5, 5.41) is 0. The molecule has 0 amide bonds. The number of rotatable bonds is 6. The maximum atomic E-state index is 5.64. The summed E-state index contributed by atoms with van der Waals surface area (Å²) >= 11 is 0. The van der Waals surface area contributed by atoms with Crippen molar-refractivity contribution in [1.29, 1.82) is 0 Å². The summed E-state index contributed by atoms with van der Waals surface area (Å²) in [6, 6.07) is 23.3. The number of likely N-dealkylation sites (N-methyl/N-ethyl adjacent to an activating group) is 1. The van der Waals surface area contributed by atoms with Gasteiger partial charge in [0.15, 0.2) is 11.5 Å². The second-order valence-electron chi connectivity index (χ2n) is 7.89. The summed E-state index contributed by atoms with van der Waals surface area (Å²) in [7, 11) is 3.36. The topological polar surface area (TPSA) is 34.1 Å². The Hall–Kier alpha value is -3.27. The average Bonchev–Trinajstić information content (AvgIpc) is 2.96. The molecular weight excluding hydrogens is 384 g/mol. The van der Waals surface area contributed by atoms with Crippen LogP contribution in [0.15, 0.2) is 71.7 Å². The normalized spacial score (nSPS) is 15.7. The number of fused-ring (bicyclic) bond motifs is 1. The monoisotopic (exact) mass is 414 g/mol. The molecule has 160 valence electrons. The Bertz CT molecular complexity index is 1080. The molecule has 0 radical (unpaired) electrons. The van der Waals surface area contributed by atoms with Gasteiger partial charge < -0.3 is 14.4 Å². The highest BCUT2D eigenvalue weighted by atomic mass is 16.5. The number of ether oxygens (including phenoxy) is 2. The van der Waals surface area contributed by atoms with Crippen molar-refractivity contribution in [2.45, 2.75) is 26.3 Å². The van der Waals surface area contributed by atoms with Gasteiger partial charge >= 0.3 is 0 Å². The van der Waals surface area contributed by atoms with Crippen molar-refractivity contribution < 1.29 is 9.47 Å². The summed E-state index contributed by atoms with van der Waals surface area (Å²) in [4.78, 5) is 7.73. The molecule has 1 heterocycles. The molecule has 0 saturated carbocycles. The number of benzodiazepines with no additional fused rings is 1. The van der Waals surface area contributed by atoms with E-state index in [1.54, 1.807) is 14.2 Å². The molecule has 1 atom stereocenters. The minimum absolute atomic E-state index is 0.139. The maximum Gasteiger partial charge on any atom is 0.162 e. The van der Waals surface area contributed by atoms with E-state index in [0.29, 0.717) is 0 Å². The van der Waals surface area contributed by atoms with E-state index in [1.165, 1.54) is 11.1 Å². The molecule has 1 aliphatic rings. The lowest BCUT2D eigenvalue weighted by atomic mass is 9.99. The zero-order valence-electron chi connectivity index (χ0n) is 18.8. The van der Waals surface area contributed by atoms with E-state index >= 15 is 0 Å². The molecule has 31 heavy (non-hydrogen) atoms. The van der Waals surface area contributed by atoms with E-state index in [9.17, 15) is 0 Å². The minimum atomic E-state index is 0.139. The minimum Gasteiger partial charge on any atom is -0.493 e. The standard InChI is InChI=1S/C27H30N2O2/c1-5-29-18-22(15-21-14-10-9-11-19(21)2)28-27(20-12-7-6-8-13-20)23-16-25(30-3)26(31-4)17-24(23)29/h6-14,16-17,22H,5,15,18H2,1-4H3. The van der Waals surface area contributed by atoms with Gasteiger partial charge in [0, 0.05) is 30.3 Å². The molecular formula is C27H30N2O2. The lowest BCUT2D eigenvalue weighted by Crippen LogP contribution is -2.32. The van der Waals surface area contributed by atoms with Gasteiger partial charge in [-0.25, -0.2) is 0 Å². The van der Waals surface area contributed by atoms with E-state index < -0.39 is 0 Å². The number of methoxy groups -OCH3 is 2. The van der Waals surface area contributed by atoms with Gasteiger partial charge in [-0.3, -0.25) is 4.99 Å². The van der Waals surface area contributed by atoms with Crippen LogP contribution in [0.1, 0.15) is 29.2 Å². The predicted octanol–water partition coefficient (Wildman–Crippen LogP) is 5.30. The van der Waals surface area contributed by atoms with E-state index in [0.717, 1.165) is 53.5 Å². The largest absolute Gasteiger partial charge is 0.493 e. The second kappa shape index (κ2) is 9.25. The zero-order valence-corrected chi connectivity index (χ0v) is 18.8. The molecule has 3 aromatic rings. The smallest absolute Gasteiger partial charge is 0.162 e. The van der Waals surface area contributed by atoms with E-state index in [1.807, 2.05) is 6.07 Å². The average molecular weight is 415 g/mol. The quantitative estimate of drug-likeness (QED) is 0.549. The highest BCUT2D eigenvalue weighted by molar-refractivity contribution is 6.16. The highest BCUT2D eigenvalue weighted by Crippen LogP contribution is 2.38. The number of benzene rings is 3. The Morgan fingerprint density at radius 1 is 0.935 bits per heavy atom. The lowest BCUT2D eigenvalue weighted by Gasteiger charge is -2.27. The molecule has 0 aromatic heterocycles. The Morgan fingerprint density at radius 2 is 1.61 bits per heavy atom. The van der Waals surface area contributed by atoms with Gasteiger partial charge in [-0.05, 0) is 37.5 Å². The van der Waals surface area contributed by atoms with Gasteiger partial charge in [-0.2, -0.15) is 0 Å². The van der Waals surface area contributed by atoms with E-state index in [-0.39, 0.29) is 6.04 Å². The number of hydrogen-bond donors (Lipinski definition) is 0. The molecule has 1 unspecified atom stereocenters. The number of aryl methyl sites for hydroxylation is 1. The molecule has 4 heteroatoms. The fourth-order valence-corrected chi connectivity index (χ4v) is 4.29. The van der Waals surface area contributed by atoms with Crippen LogP contribution < -0.4 is 14.4 Å². The van der Waals surface area contributed by atoms with Crippen LogP contribution in [0.5, 0.6) is 11.5 Å². The predicted molar refractivity (Wildman–Crippen MR) is 128 cm³/mol. The third-order valence-electron chi connectivity index (χ3n) is 5.99. The van der Waals surface area contributed by atoms with Crippen LogP contribution in [0.3, 0.4) is 0 Å². The third-order valence-corrected chi connectivity index (χ3v) is 5.99. The van der Waals surface area contributed by atoms with Crippen LogP contribution in [0, 0.1) is 6.92 Å². The van der Waals surface area contributed by atoms with Crippen LogP contribution in [0.4, 0.5) is 5.69 Å². The number of nitrogens with zero attached hydrogens (tertiary/aromatic N) is 2. The molecule has 0 spiro atoms.